The van der Waals surface area contributed by atoms with Gasteiger partial charge in [0.2, 0.25) is 0 Å². The maximum Gasteiger partial charge on any atom is 0.0618 e. The van der Waals surface area contributed by atoms with E-state index in [1.54, 1.807) is 0 Å². The Labute approximate surface area is 127 Å². The molecule has 0 fully saturated rings. The minimum absolute atomic E-state index is 0.114. The van der Waals surface area contributed by atoms with Crippen molar-refractivity contribution >= 4 is 12.6 Å². The molecule has 0 aromatic carbocycles. The van der Waals surface area contributed by atoms with Gasteiger partial charge in [0.25, 0.3) is 0 Å². The molecule has 0 spiro atoms. The van der Waals surface area contributed by atoms with Gasteiger partial charge in [0.1, 0.15) is 0 Å². The minimum Gasteiger partial charge on any atom is -0.163 e. The third-order valence-corrected chi connectivity index (χ3v) is 5.43. The Morgan fingerprint density at radius 1 is 0.850 bits per heavy atom. The van der Waals surface area contributed by atoms with Gasteiger partial charge in [-0.1, -0.05) is 60.8 Å². The quantitative estimate of drug-likeness (QED) is 0.664. The van der Waals surface area contributed by atoms with Gasteiger partial charge in [0, 0.05) is 5.92 Å². The summed E-state index contributed by atoms with van der Waals surface area (Å²) in [6, 6.07) is 0. The highest BCUT2D eigenvalue weighted by atomic mass is 32.1. The maximum absolute atomic E-state index is 5.26. The molecule has 0 amide bonds. The van der Waals surface area contributed by atoms with E-state index in [2.05, 4.69) is 60.8 Å². The summed E-state index contributed by atoms with van der Waals surface area (Å²) >= 11 is 5.26. The van der Waals surface area contributed by atoms with Crippen molar-refractivity contribution in [3.63, 3.8) is 0 Å². The summed E-state index contributed by atoms with van der Waals surface area (Å²) in [5, 5.41) is 0. The van der Waals surface area contributed by atoms with Gasteiger partial charge in [-0.25, -0.2) is 0 Å². The van der Waals surface area contributed by atoms with Crippen molar-refractivity contribution in [3.8, 4) is 0 Å². The molecule has 104 valence electrons. The summed E-state index contributed by atoms with van der Waals surface area (Å²) < 4.78 is -0.114. The summed E-state index contributed by atoms with van der Waals surface area (Å²) in [7, 11) is 0. The largest absolute Gasteiger partial charge is 0.163 e. The molecule has 0 saturated heterocycles. The van der Waals surface area contributed by atoms with Crippen LogP contribution in [0.2, 0.25) is 0 Å². The number of hydrogen-bond acceptors (Lipinski definition) is 1. The molecular weight excluding hydrogens is 260 g/mol. The zero-order valence-electron chi connectivity index (χ0n) is 11.8. The second-order valence-corrected chi connectivity index (χ2v) is 6.44. The third-order valence-electron chi connectivity index (χ3n) is 4.52. The van der Waals surface area contributed by atoms with E-state index in [0.717, 1.165) is 32.1 Å². The average molecular weight is 282 g/mol. The molecule has 3 rings (SSSR count). The predicted molar refractivity (Wildman–Crippen MR) is 91.0 cm³/mol. The van der Waals surface area contributed by atoms with Crippen molar-refractivity contribution in [2.45, 2.75) is 36.9 Å². The Kier molecular flexibility index (Phi) is 4.16. The van der Waals surface area contributed by atoms with Crippen LogP contribution in [0.25, 0.3) is 0 Å². The van der Waals surface area contributed by atoms with Crippen molar-refractivity contribution in [1.29, 1.82) is 0 Å². The molecule has 0 heterocycles. The van der Waals surface area contributed by atoms with Crippen LogP contribution in [0.1, 0.15) is 32.1 Å². The number of allylic oxidation sites excluding steroid dienone is 10. The lowest BCUT2D eigenvalue weighted by Gasteiger charge is -2.41. The first-order valence-electron chi connectivity index (χ1n) is 7.60. The smallest absolute Gasteiger partial charge is 0.0618 e. The summed E-state index contributed by atoms with van der Waals surface area (Å²) in [5.41, 5.74) is 2.96. The predicted octanol–water partition coefficient (Wildman–Crippen LogP) is 5.34. The number of rotatable bonds is 3. The topological polar surface area (TPSA) is 0 Å². The molecule has 0 aromatic heterocycles. The van der Waals surface area contributed by atoms with E-state index in [0.29, 0.717) is 5.92 Å². The van der Waals surface area contributed by atoms with Crippen LogP contribution >= 0.6 is 12.6 Å². The fourth-order valence-electron chi connectivity index (χ4n) is 3.41. The van der Waals surface area contributed by atoms with Crippen molar-refractivity contribution in [1.82, 2.24) is 0 Å². The maximum atomic E-state index is 5.26. The molecule has 0 N–H and O–H groups in total. The summed E-state index contributed by atoms with van der Waals surface area (Å²) in [5.74, 6) is 0.464. The minimum atomic E-state index is -0.114. The van der Waals surface area contributed by atoms with E-state index in [4.69, 9.17) is 12.6 Å². The van der Waals surface area contributed by atoms with Gasteiger partial charge < -0.3 is 0 Å². The summed E-state index contributed by atoms with van der Waals surface area (Å²) in [6.45, 7) is 0. The molecular formula is C19H22S. The fourth-order valence-corrected chi connectivity index (χ4v) is 3.98. The van der Waals surface area contributed by atoms with Crippen LogP contribution in [-0.4, -0.2) is 4.75 Å². The molecule has 0 aliphatic heterocycles. The van der Waals surface area contributed by atoms with Gasteiger partial charge in [-0.3, -0.25) is 0 Å². The van der Waals surface area contributed by atoms with Gasteiger partial charge in [-0.2, -0.15) is 12.6 Å². The Morgan fingerprint density at radius 3 is 1.95 bits per heavy atom. The number of hydrogen-bond donors (Lipinski definition) is 1. The van der Waals surface area contributed by atoms with Crippen molar-refractivity contribution in [2.75, 3.05) is 0 Å². The van der Waals surface area contributed by atoms with Gasteiger partial charge >= 0.3 is 0 Å². The van der Waals surface area contributed by atoms with E-state index >= 15 is 0 Å². The Hall–Kier alpha value is -1.21. The molecule has 0 aromatic rings. The molecule has 1 atom stereocenters. The lowest BCUT2D eigenvalue weighted by atomic mass is 9.72. The van der Waals surface area contributed by atoms with E-state index in [1.165, 1.54) is 11.1 Å². The van der Waals surface area contributed by atoms with Crippen LogP contribution in [0, 0.1) is 5.92 Å². The Morgan fingerprint density at radius 2 is 1.50 bits per heavy atom. The summed E-state index contributed by atoms with van der Waals surface area (Å²) in [4.78, 5) is 0. The van der Waals surface area contributed by atoms with Gasteiger partial charge in [-0.05, 0) is 43.3 Å². The molecule has 3 aliphatic carbocycles. The summed E-state index contributed by atoms with van der Waals surface area (Å²) in [6.07, 6.45) is 28.1. The molecule has 1 heteroatoms. The normalized spacial score (nSPS) is 25.6. The fraction of sp³-hybridized carbons (Fsp3) is 0.368. The van der Waals surface area contributed by atoms with E-state index in [-0.39, 0.29) is 4.75 Å². The van der Waals surface area contributed by atoms with E-state index < -0.39 is 0 Å². The Bertz CT molecular complexity index is 508. The monoisotopic (exact) mass is 282 g/mol. The van der Waals surface area contributed by atoms with Crippen molar-refractivity contribution in [2.24, 2.45) is 5.92 Å². The molecule has 0 bridgehead atoms. The highest BCUT2D eigenvalue weighted by Gasteiger charge is 2.40. The second kappa shape index (κ2) is 6.05. The first-order valence-corrected chi connectivity index (χ1v) is 8.04. The van der Waals surface area contributed by atoms with Crippen LogP contribution in [0.4, 0.5) is 0 Å². The van der Waals surface area contributed by atoms with Crippen LogP contribution in [-0.2, 0) is 0 Å². The zero-order chi connectivity index (χ0) is 13.8. The van der Waals surface area contributed by atoms with E-state index in [9.17, 15) is 0 Å². The van der Waals surface area contributed by atoms with Crippen LogP contribution in [0.3, 0.4) is 0 Å². The standard InChI is InChI=1S/C19H22S/c20-19(16-10-4-1-5-11-16,17-12-6-2-7-13-17)18-14-8-3-9-15-18/h1-6,8,10,12,14,16,20H,7,9,11,13,15H2. The Balaban J connectivity index is 2.01. The first kappa shape index (κ1) is 13.8. The molecule has 0 radical (unpaired) electrons. The molecule has 0 saturated carbocycles. The highest BCUT2D eigenvalue weighted by Crippen LogP contribution is 2.47. The van der Waals surface area contributed by atoms with Crippen molar-refractivity contribution in [3.05, 3.63) is 71.9 Å². The van der Waals surface area contributed by atoms with Crippen LogP contribution in [0.15, 0.2) is 71.9 Å². The van der Waals surface area contributed by atoms with Crippen LogP contribution in [0.5, 0.6) is 0 Å². The molecule has 0 nitrogen and oxygen atoms in total. The lowest BCUT2D eigenvalue weighted by molar-refractivity contribution is 0.527. The second-order valence-electron chi connectivity index (χ2n) is 5.74. The highest BCUT2D eigenvalue weighted by molar-refractivity contribution is 7.82. The molecule has 1 unspecified atom stereocenters. The van der Waals surface area contributed by atoms with Gasteiger partial charge in [-0.15, -0.1) is 0 Å². The molecule has 3 aliphatic rings. The van der Waals surface area contributed by atoms with Crippen LogP contribution < -0.4 is 0 Å². The number of thiol groups is 1. The van der Waals surface area contributed by atoms with E-state index in [1.807, 2.05) is 0 Å². The van der Waals surface area contributed by atoms with Gasteiger partial charge in [0.05, 0.1) is 4.75 Å². The molecule has 20 heavy (non-hydrogen) atoms. The van der Waals surface area contributed by atoms with Gasteiger partial charge in [0.15, 0.2) is 0 Å². The average Bonchev–Trinajstić information content (AvgIpc) is 2.56. The van der Waals surface area contributed by atoms with Crippen molar-refractivity contribution < 1.29 is 0 Å². The lowest BCUT2D eigenvalue weighted by Crippen LogP contribution is -2.37. The SMILES string of the molecule is SC(C1=CC=CCC1)(C1=CC=CCC1)C1C=CC=CC1. The zero-order valence-corrected chi connectivity index (χ0v) is 12.7. The third kappa shape index (κ3) is 2.52. The first-order chi connectivity index (χ1) is 9.82.